The van der Waals surface area contributed by atoms with E-state index in [4.69, 9.17) is 9.47 Å². The van der Waals surface area contributed by atoms with Crippen molar-refractivity contribution < 1.29 is 14.3 Å². The lowest BCUT2D eigenvalue weighted by Crippen LogP contribution is -1.91. The minimum absolute atomic E-state index is 0.633. The van der Waals surface area contributed by atoms with E-state index < -0.39 is 0 Å². The summed E-state index contributed by atoms with van der Waals surface area (Å²) in [6.45, 7) is 2.59. The number of carbonyl (C=O) groups is 1. The molecule has 3 nitrogen and oxygen atoms in total. The Bertz CT molecular complexity index is 500. The lowest BCUT2D eigenvalue weighted by Gasteiger charge is -2.07. The Balaban J connectivity index is 2.05. The van der Waals surface area contributed by atoms with Gasteiger partial charge in [-0.05, 0) is 55.5 Å². The molecule has 2 aromatic rings. The largest absolute Gasteiger partial charge is 0.494 e. The van der Waals surface area contributed by atoms with Gasteiger partial charge in [0.1, 0.15) is 23.5 Å². The lowest BCUT2D eigenvalue weighted by molar-refractivity contribution is 0.112. The number of ether oxygens (including phenoxy) is 2. The van der Waals surface area contributed by atoms with E-state index >= 15 is 0 Å². The second kappa shape index (κ2) is 5.87. The maximum absolute atomic E-state index is 10.5. The van der Waals surface area contributed by atoms with Gasteiger partial charge in [-0.3, -0.25) is 4.79 Å². The monoisotopic (exact) mass is 242 g/mol. The van der Waals surface area contributed by atoms with Gasteiger partial charge in [0, 0.05) is 5.56 Å². The van der Waals surface area contributed by atoms with Crippen LogP contribution >= 0.6 is 0 Å². The van der Waals surface area contributed by atoms with E-state index in [0.29, 0.717) is 17.9 Å². The van der Waals surface area contributed by atoms with Crippen molar-refractivity contribution in [2.75, 3.05) is 6.61 Å². The van der Waals surface area contributed by atoms with Crippen molar-refractivity contribution in [3.05, 3.63) is 54.1 Å². The quantitative estimate of drug-likeness (QED) is 0.750. The third kappa shape index (κ3) is 3.10. The molecule has 0 aliphatic heterocycles. The van der Waals surface area contributed by atoms with Crippen LogP contribution in [0.1, 0.15) is 17.3 Å². The standard InChI is InChI=1S/C15H14O3/c1-2-17-13-7-9-15(10-8-13)18-14-5-3-12(11-16)4-6-14/h3-11H,2H2,1H3. The molecule has 18 heavy (non-hydrogen) atoms. The third-order valence-corrected chi connectivity index (χ3v) is 2.39. The topological polar surface area (TPSA) is 35.5 Å². The van der Waals surface area contributed by atoms with Crippen molar-refractivity contribution in [1.82, 2.24) is 0 Å². The highest BCUT2D eigenvalue weighted by Crippen LogP contribution is 2.23. The summed E-state index contributed by atoms with van der Waals surface area (Å²) >= 11 is 0. The zero-order valence-corrected chi connectivity index (χ0v) is 10.1. The SMILES string of the molecule is CCOc1ccc(Oc2ccc(C=O)cc2)cc1. The molecule has 92 valence electrons. The molecular formula is C15H14O3. The molecular weight excluding hydrogens is 228 g/mol. The average molecular weight is 242 g/mol. The van der Waals surface area contributed by atoms with Gasteiger partial charge in [-0.25, -0.2) is 0 Å². The van der Waals surface area contributed by atoms with Crippen LogP contribution in [0.2, 0.25) is 0 Å². The van der Waals surface area contributed by atoms with E-state index in [1.165, 1.54) is 0 Å². The van der Waals surface area contributed by atoms with Crippen molar-refractivity contribution in [1.29, 1.82) is 0 Å². The van der Waals surface area contributed by atoms with Crippen LogP contribution in [0.3, 0.4) is 0 Å². The molecule has 0 saturated carbocycles. The van der Waals surface area contributed by atoms with Crippen LogP contribution in [0.5, 0.6) is 17.2 Å². The van der Waals surface area contributed by atoms with Crippen LogP contribution < -0.4 is 9.47 Å². The van der Waals surface area contributed by atoms with Gasteiger partial charge < -0.3 is 9.47 Å². The van der Waals surface area contributed by atoms with E-state index in [0.717, 1.165) is 17.8 Å². The van der Waals surface area contributed by atoms with Gasteiger partial charge >= 0.3 is 0 Å². The van der Waals surface area contributed by atoms with Gasteiger partial charge in [0.25, 0.3) is 0 Å². The van der Waals surface area contributed by atoms with Gasteiger partial charge in [-0.1, -0.05) is 0 Å². The first kappa shape index (κ1) is 12.2. The number of rotatable bonds is 5. The Morgan fingerprint density at radius 2 is 1.39 bits per heavy atom. The molecule has 0 fully saturated rings. The van der Waals surface area contributed by atoms with Crippen LogP contribution in [0, 0.1) is 0 Å². The average Bonchev–Trinajstić information content (AvgIpc) is 2.42. The second-order valence-corrected chi connectivity index (χ2v) is 3.69. The Kier molecular flexibility index (Phi) is 3.97. The van der Waals surface area contributed by atoms with Crippen molar-refractivity contribution in [3.8, 4) is 17.2 Å². The van der Waals surface area contributed by atoms with Crippen molar-refractivity contribution in [2.24, 2.45) is 0 Å². The van der Waals surface area contributed by atoms with Crippen molar-refractivity contribution in [3.63, 3.8) is 0 Å². The molecule has 0 N–H and O–H groups in total. The molecule has 0 saturated heterocycles. The summed E-state index contributed by atoms with van der Waals surface area (Å²) in [4.78, 5) is 10.5. The van der Waals surface area contributed by atoms with E-state index in [-0.39, 0.29) is 0 Å². The Hall–Kier alpha value is -2.29. The van der Waals surface area contributed by atoms with Crippen LogP contribution in [-0.2, 0) is 0 Å². The van der Waals surface area contributed by atoms with Crippen LogP contribution in [-0.4, -0.2) is 12.9 Å². The van der Waals surface area contributed by atoms with Crippen molar-refractivity contribution >= 4 is 6.29 Å². The van der Waals surface area contributed by atoms with E-state index in [1.807, 2.05) is 31.2 Å². The third-order valence-electron chi connectivity index (χ3n) is 2.39. The van der Waals surface area contributed by atoms with E-state index in [9.17, 15) is 4.79 Å². The molecule has 0 atom stereocenters. The molecule has 2 aromatic carbocycles. The van der Waals surface area contributed by atoms with E-state index in [2.05, 4.69) is 0 Å². The summed E-state index contributed by atoms with van der Waals surface area (Å²) in [6, 6.07) is 14.4. The fraction of sp³-hybridized carbons (Fsp3) is 0.133. The van der Waals surface area contributed by atoms with Gasteiger partial charge in [-0.2, -0.15) is 0 Å². The zero-order chi connectivity index (χ0) is 12.8. The van der Waals surface area contributed by atoms with E-state index in [1.54, 1.807) is 24.3 Å². The smallest absolute Gasteiger partial charge is 0.150 e. The minimum atomic E-state index is 0.633. The predicted molar refractivity (Wildman–Crippen MR) is 69.5 cm³/mol. The van der Waals surface area contributed by atoms with Crippen LogP contribution in [0.4, 0.5) is 0 Å². The Morgan fingerprint density at radius 3 is 1.89 bits per heavy atom. The number of aldehydes is 1. The number of hydrogen-bond acceptors (Lipinski definition) is 3. The normalized spacial score (nSPS) is 9.83. The number of carbonyl (C=O) groups excluding carboxylic acids is 1. The first-order valence-corrected chi connectivity index (χ1v) is 5.78. The number of hydrogen-bond donors (Lipinski definition) is 0. The lowest BCUT2D eigenvalue weighted by atomic mass is 10.2. The highest BCUT2D eigenvalue weighted by Gasteiger charge is 1.98. The summed E-state index contributed by atoms with van der Waals surface area (Å²) < 4.78 is 11.0. The van der Waals surface area contributed by atoms with Crippen molar-refractivity contribution in [2.45, 2.75) is 6.92 Å². The maximum atomic E-state index is 10.5. The molecule has 0 aromatic heterocycles. The maximum Gasteiger partial charge on any atom is 0.150 e. The van der Waals surface area contributed by atoms with Gasteiger partial charge in [0.05, 0.1) is 6.61 Å². The highest BCUT2D eigenvalue weighted by atomic mass is 16.5. The molecule has 0 spiro atoms. The summed E-state index contributed by atoms with van der Waals surface area (Å²) in [5, 5.41) is 0. The molecule has 0 heterocycles. The summed E-state index contributed by atoms with van der Waals surface area (Å²) in [5.74, 6) is 2.25. The summed E-state index contributed by atoms with van der Waals surface area (Å²) in [5.41, 5.74) is 0.633. The predicted octanol–water partition coefficient (Wildman–Crippen LogP) is 3.69. The molecule has 0 aliphatic rings. The fourth-order valence-electron chi connectivity index (χ4n) is 1.52. The summed E-state index contributed by atoms with van der Waals surface area (Å²) in [7, 11) is 0. The fourth-order valence-corrected chi connectivity index (χ4v) is 1.52. The van der Waals surface area contributed by atoms with Crippen LogP contribution in [0.25, 0.3) is 0 Å². The second-order valence-electron chi connectivity index (χ2n) is 3.69. The molecule has 0 bridgehead atoms. The Labute approximate surface area is 106 Å². The molecule has 0 amide bonds. The molecule has 0 aliphatic carbocycles. The molecule has 3 heteroatoms. The zero-order valence-electron chi connectivity index (χ0n) is 10.1. The molecule has 0 unspecified atom stereocenters. The molecule has 0 radical (unpaired) electrons. The van der Waals surface area contributed by atoms with Gasteiger partial charge in [0.2, 0.25) is 0 Å². The summed E-state index contributed by atoms with van der Waals surface area (Å²) in [6.07, 6.45) is 0.806. The Morgan fingerprint density at radius 1 is 0.889 bits per heavy atom. The van der Waals surface area contributed by atoms with Crippen LogP contribution in [0.15, 0.2) is 48.5 Å². The minimum Gasteiger partial charge on any atom is -0.494 e. The van der Waals surface area contributed by atoms with Gasteiger partial charge in [0.15, 0.2) is 0 Å². The molecule has 2 rings (SSSR count). The number of benzene rings is 2. The first-order valence-electron chi connectivity index (χ1n) is 5.78. The highest BCUT2D eigenvalue weighted by molar-refractivity contribution is 5.74. The van der Waals surface area contributed by atoms with Gasteiger partial charge in [-0.15, -0.1) is 0 Å². The first-order chi connectivity index (χ1) is 8.81.